The molecule has 0 aliphatic heterocycles. The lowest BCUT2D eigenvalue weighted by molar-refractivity contribution is -0.254. The first kappa shape index (κ1) is 40.2. The zero-order chi connectivity index (χ0) is 35.2. The molecule has 0 atom stereocenters. The normalized spacial score (nSPS) is 9.92. The van der Waals surface area contributed by atoms with Crippen LogP contribution < -0.4 is 37.1 Å². The quantitative estimate of drug-likeness (QED) is 0.196. The highest BCUT2D eigenvalue weighted by Crippen LogP contribution is 2.31. The summed E-state index contributed by atoms with van der Waals surface area (Å²) in [6, 6.07) is 30.9. The predicted molar refractivity (Wildman–Crippen MR) is 200 cm³/mol. The average Bonchev–Trinajstić information content (AvgIpc) is 3.12. The fourth-order valence-electron chi connectivity index (χ4n) is 4.57. The van der Waals surface area contributed by atoms with Crippen molar-refractivity contribution in [3.63, 3.8) is 0 Å². The van der Waals surface area contributed by atoms with Crippen LogP contribution in [0.1, 0.15) is 11.3 Å². The van der Waals surface area contributed by atoms with Crippen molar-refractivity contribution in [2.75, 3.05) is 28.4 Å². The van der Waals surface area contributed by atoms with E-state index in [1.165, 1.54) is 6.33 Å². The minimum absolute atomic E-state index is 0. The second-order valence-electron chi connectivity index (χ2n) is 10.1. The molecule has 4 aromatic carbocycles. The molecule has 6 aromatic rings. The van der Waals surface area contributed by atoms with Crippen LogP contribution in [0.2, 0.25) is 5.15 Å². The van der Waals surface area contributed by atoms with Crippen LogP contribution in [0.3, 0.4) is 0 Å². The van der Waals surface area contributed by atoms with Gasteiger partial charge in [0.25, 0.3) is 0 Å². The number of ether oxygens (including phenoxy) is 4. The largest absolute Gasteiger partial charge is 1.00 e. The molecule has 2 heterocycles. The first-order valence-electron chi connectivity index (χ1n) is 14.8. The molecule has 0 bridgehead atoms. The number of halogens is 4. The molecule has 50 heavy (non-hydrogen) atoms. The summed E-state index contributed by atoms with van der Waals surface area (Å²) in [6.45, 7) is 0. The Labute approximate surface area is 319 Å². The van der Waals surface area contributed by atoms with Crippen molar-refractivity contribution in [1.82, 2.24) is 19.9 Å². The fourth-order valence-corrected chi connectivity index (χ4v) is 5.90. The molecule has 13 heteroatoms. The summed E-state index contributed by atoms with van der Waals surface area (Å²) in [6.07, 6.45) is 3.74. The van der Waals surface area contributed by atoms with Gasteiger partial charge in [-0.2, -0.15) is 0 Å². The van der Waals surface area contributed by atoms with Crippen LogP contribution in [-0.2, 0) is 6.42 Å². The lowest BCUT2D eigenvalue weighted by Crippen LogP contribution is -3.00. The summed E-state index contributed by atoms with van der Waals surface area (Å²) < 4.78 is 22.8. The summed E-state index contributed by atoms with van der Waals surface area (Å²) in [7, 11) is 6.59. The Morgan fingerprint density at radius 3 is 1.60 bits per heavy atom. The molecule has 6 rings (SSSR count). The standard InChI is InChI=1S/C19H17BrN2O2.C11H9ClN2O.C7H8BrNO.ClH/c1-23-18-6-4-3-5-15(18)17-11-14(21-12-22-17)9-13-7-8-19(24-2)16(20)10-13;1-15-10-5-3-2-4-8(10)9-6-11(12)14-7-13-9;1-10-7-3-2-5(9)4-6(7)8;/h3-8,10-12H,9H2,1-2H3;2-7H,1H3;2-4H,9H2,1H3;1H. The number of rotatable bonds is 8. The van der Waals surface area contributed by atoms with Gasteiger partial charge in [0.1, 0.15) is 46.5 Å². The molecule has 0 aliphatic rings. The predicted octanol–water partition coefficient (Wildman–Crippen LogP) is 5.65. The number of para-hydroxylation sites is 2. The smallest absolute Gasteiger partial charge is 0.133 e. The zero-order valence-corrected chi connectivity index (χ0v) is 32.4. The number of benzene rings is 4. The molecular formula is C37H35Br2Cl2N5O4. The SMILES string of the molecule is COc1ccc(Cc2cc(-c3ccccc3OC)ncn2)cc1Br.COc1ccc([NH3+])cc1Br.COc1ccccc1-c1cc(Cl)ncn1.[Cl-]. The van der Waals surface area contributed by atoms with Crippen molar-refractivity contribution < 1.29 is 37.1 Å². The van der Waals surface area contributed by atoms with Crippen LogP contribution >= 0.6 is 43.5 Å². The third kappa shape index (κ3) is 11.4. The topological polar surface area (TPSA) is 116 Å². The van der Waals surface area contributed by atoms with E-state index in [-0.39, 0.29) is 12.4 Å². The van der Waals surface area contributed by atoms with Gasteiger partial charge in [-0.05, 0) is 86.0 Å². The highest BCUT2D eigenvalue weighted by Gasteiger charge is 2.10. The van der Waals surface area contributed by atoms with E-state index in [0.717, 1.165) is 71.4 Å². The first-order chi connectivity index (χ1) is 23.8. The lowest BCUT2D eigenvalue weighted by atomic mass is 10.1. The average molecular weight is 844 g/mol. The molecule has 9 nitrogen and oxygen atoms in total. The van der Waals surface area contributed by atoms with Crippen molar-refractivity contribution in [2.24, 2.45) is 0 Å². The van der Waals surface area contributed by atoms with Gasteiger partial charge in [0.15, 0.2) is 0 Å². The highest BCUT2D eigenvalue weighted by atomic mass is 79.9. The van der Waals surface area contributed by atoms with Gasteiger partial charge >= 0.3 is 0 Å². The number of nitrogens with zero attached hydrogens (tertiary/aromatic N) is 4. The Balaban J connectivity index is 0.000000222. The number of hydrogen-bond donors (Lipinski definition) is 1. The zero-order valence-electron chi connectivity index (χ0n) is 27.7. The minimum atomic E-state index is 0. The monoisotopic (exact) mass is 841 g/mol. The third-order valence-electron chi connectivity index (χ3n) is 6.94. The van der Waals surface area contributed by atoms with E-state index in [0.29, 0.717) is 11.6 Å². The van der Waals surface area contributed by atoms with Crippen molar-refractivity contribution >= 4 is 49.1 Å². The van der Waals surface area contributed by atoms with E-state index in [1.54, 1.807) is 40.8 Å². The van der Waals surface area contributed by atoms with E-state index in [1.807, 2.05) is 91.0 Å². The van der Waals surface area contributed by atoms with Crippen molar-refractivity contribution in [2.45, 2.75) is 6.42 Å². The van der Waals surface area contributed by atoms with Gasteiger partial charge in [-0.25, -0.2) is 19.9 Å². The maximum atomic E-state index is 5.80. The van der Waals surface area contributed by atoms with E-state index >= 15 is 0 Å². The van der Waals surface area contributed by atoms with Crippen LogP contribution in [0.5, 0.6) is 23.0 Å². The number of quaternary nitrogens is 1. The number of hydrogen-bond acceptors (Lipinski definition) is 8. The fraction of sp³-hybridized carbons (Fsp3) is 0.135. The van der Waals surface area contributed by atoms with E-state index in [2.05, 4.69) is 57.5 Å². The third-order valence-corrected chi connectivity index (χ3v) is 8.39. The van der Waals surface area contributed by atoms with Crippen LogP contribution in [0.4, 0.5) is 5.69 Å². The first-order valence-corrected chi connectivity index (χ1v) is 16.8. The molecule has 3 N–H and O–H groups in total. The Morgan fingerprint density at radius 1 is 0.580 bits per heavy atom. The Hall–Kier alpha value is -4.26. The number of methoxy groups -OCH3 is 4. The molecule has 0 radical (unpaired) electrons. The summed E-state index contributed by atoms with van der Waals surface area (Å²) in [5.41, 5.74) is 10.3. The van der Waals surface area contributed by atoms with Gasteiger partial charge in [-0.3, -0.25) is 0 Å². The van der Waals surface area contributed by atoms with Gasteiger partial charge in [-0.15, -0.1) is 0 Å². The van der Waals surface area contributed by atoms with Crippen LogP contribution in [0, 0.1) is 0 Å². The Morgan fingerprint density at radius 2 is 1.08 bits per heavy atom. The van der Waals surface area contributed by atoms with Crippen molar-refractivity contribution in [3.8, 4) is 45.5 Å². The molecule has 0 unspecified atom stereocenters. The van der Waals surface area contributed by atoms with Gasteiger partial charge < -0.3 is 37.1 Å². The Bertz CT molecular complexity index is 1990. The minimum Gasteiger partial charge on any atom is -1.00 e. The molecule has 0 saturated heterocycles. The van der Waals surface area contributed by atoms with Gasteiger partial charge in [-0.1, -0.05) is 41.9 Å². The van der Waals surface area contributed by atoms with Gasteiger partial charge in [0, 0.05) is 41.4 Å². The van der Waals surface area contributed by atoms with Crippen LogP contribution in [0.15, 0.2) is 119 Å². The lowest BCUT2D eigenvalue weighted by Gasteiger charge is -2.09. The molecule has 0 fully saturated rings. The molecule has 0 saturated carbocycles. The Kier molecular flexibility index (Phi) is 16.4. The van der Waals surface area contributed by atoms with Crippen LogP contribution in [-0.4, -0.2) is 48.4 Å². The maximum Gasteiger partial charge on any atom is 0.133 e. The summed E-state index contributed by atoms with van der Waals surface area (Å²) >= 11 is 12.7. The van der Waals surface area contributed by atoms with Gasteiger partial charge in [0.05, 0.1) is 48.8 Å². The molecule has 0 amide bonds. The summed E-state index contributed by atoms with van der Waals surface area (Å²) in [4.78, 5) is 16.8. The molecular weight excluding hydrogens is 809 g/mol. The maximum absolute atomic E-state index is 5.80. The summed E-state index contributed by atoms with van der Waals surface area (Å²) in [5, 5.41) is 0.422. The van der Waals surface area contributed by atoms with Crippen molar-refractivity contribution in [3.05, 3.63) is 135 Å². The number of aromatic nitrogens is 4. The van der Waals surface area contributed by atoms with E-state index < -0.39 is 0 Å². The van der Waals surface area contributed by atoms with E-state index in [9.17, 15) is 0 Å². The molecule has 2 aromatic heterocycles. The second kappa shape index (κ2) is 20.4. The molecule has 260 valence electrons. The highest BCUT2D eigenvalue weighted by molar-refractivity contribution is 9.11. The van der Waals surface area contributed by atoms with Crippen LogP contribution in [0.25, 0.3) is 22.5 Å². The molecule has 0 spiro atoms. The van der Waals surface area contributed by atoms with E-state index in [4.69, 9.17) is 30.5 Å². The van der Waals surface area contributed by atoms with Gasteiger partial charge in [0.2, 0.25) is 0 Å². The summed E-state index contributed by atoms with van der Waals surface area (Å²) in [5.74, 6) is 3.23. The molecule has 0 aliphatic carbocycles. The van der Waals surface area contributed by atoms with Crippen molar-refractivity contribution in [1.29, 1.82) is 0 Å². The second-order valence-corrected chi connectivity index (χ2v) is 12.2.